The summed E-state index contributed by atoms with van der Waals surface area (Å²) in [5, 5.41) is 3.13. The van der Waals surface area contributed by atoms with Crippen LogP contribution in [0.4, 0.5) is 0 Å². The summed E-state index contributed by atoms with van der Waals surface area (Å²) in [4.78, 5) is 14.8. The maximum absolute atomic E-state index is 12.4. The molecule has 1 amide bonds. The minimum atomic E-state index is -0.0371. The minimum Gasteiger partial charge on any atom is -0.496 e. The van der Waals surface area contributed by atoms with E-state index in [0.717, 1.165) is 36.3 Å². The smallest absolute Gasteiger partial charge is 0.251 e. The van der Waals surface area contributed by atoms with Gasteiger partial charge < -0.3 is 10.1 Å². The number of hydrogen-bond donors (Lipinski definition) is 1. The number of carbonyl (C=O) groups excluding carboxylic acids is 1. The predicted molar refractivity (Wildman–Crippen MR) is 98.3 cm³/mol. The Morgan fingerprint density at radius 3 is 2.79 bits per heavy atom. The molecule has 0 aliphatic carbocycles. The lowest BCUT2D eigenvalue weighted by molar-refractivity contribution is 0.0937. The summed E-state index contributed by atoms with van der Waals surface area (Å²) in [6.07, 6.45) is 0.982. The van der Waals surface area contributed by atoms with Crippen LogP contribution < -0.4 is 10.1 Å². The third-order valence-corrected chi connectivity index (χ3v) is 4.89. The van der Waals surface area contributed by atoms with Crippen LogP contribution in [0.3, 0.4) is 0 Å². The molecule has 1 unspecified atom stereocenters. The maximum Gasteiger partial charge on any atom is 0.251 e. The van der Waals surface area contributed by atoms with Crippen molar-refractivity contribution in [2.75, 3.05) is 20.2 Å². The largest absolute Gasteiger partial charge is 0.496 e. The molecule has 5 heteroatoms. The quantitative estimate of drug-likeness (QED) is 0.852. The van der Waals surface area contributed by atoms with E-state index in [1.807, 2.05) is 6.07 Å². The first kappa shape index (κ1) is 17.0. The highest BCUT2D eigenvalue weighted by Crippen LogP contribution is 2.25. The van der Waals surface area contributed by atoms with Crippen LogP contribution in [0.2, 0.25) is 0 Å². The van der Waals surface area contributed by atoms with Crippen molar-refractivity contribution in [3.8, 4) is 5.75 Å². The zero-order chi connectivity index (χ0) is 16.9. The van der Waals surface area contributed by atoms with Crippen LogP contribution in [0.25, 0.3) is 0 Å². The number of halogens is 1. The standard InChI is InChI=1S/C19H21BrN2O2/c1-24-18-8-7-15(11-17(18)20)19(23)21-16-9-10-22(13-16)12-14-5-3-2-4-6-14/h2-8,11,16H,9-10,12-13H2,1H3,(H,21,23). The number of ether oxygens (including phenoxy) is 1. The Balaban J connectivity index is 1.55. The summed E-state index contributed by atoms with van der Waals surface area (Å²) in [7, 11) is 1.61. The molecule has 1 aliphatic heterocycles. The molecule has 0 radical (unpaired) electrons. The van der Waals surface area contributed by atoms with Crippen LogP contribution in [0, 0.1) is 0 Å². The third kappa shape index (κ3) is 4.16. The monoisotopic (exact) mass is 388 g/mol. The van der Waals surface area contributed by atoms with Gasteiger partial charge in [-0.05, 0) is 46.1 Å². The van der Waals surface area contributed by atoms with E-state index in [1.165, 1.54) is 5.56 Å². The van der Waals surface area contributed by atoms with E-state index < -0.39 is 0 Å². The lowest BCUT2D eigenvalue weighted by Crippen LogP contribution is -2.37. The molecule has 24 heavy (non-hydrogen) atoms. The Kier molecular flexibility index (Phi) is 5.53. The molecule has 1 saturated heterocycles. The van der Waals surface area contributed by atoms with Crippen LogP contribution in [0.15, 0.2) is 53.0 Å². The highest BCUT2D eigenvalue weighted by atomic mass is 79.9. The number of nitrogens with one attached hydrogen (secondary N) is 1. The van der Waals surface area contributed by atoms with Crippen LogP contribution in [-0.4, -0.2) is 37.0 Å². The van der Waals surface area contributed by atoms with Crippen molar-refractivity contribution in [3.05, 3.63) is 64.1 Å². The Bertz CT molecular complexity index is 706. The zero-order valence-corrected chi connectivity index (χ0v) is 15.3. The molecule has 1 heterocycles. The Labute approximate surface area is 150 Å². The number of carbonyl (C=O) groups is 1. The van der Waals surface area contributed by atoms with E-state index in [-0.39, 0.29) is 11.9 Å². The summed E-state index contributed by atoms with van der Waals surface area (Å²) in [6, 6.07) is 16.0. The first-order valence-electron chi connectivity index (χ1n) is 8.06. The van der Waals surface area contributed by atoms with Gasteiger partial charge in [0.05, 0.1) is 11.6 Å². The summed E-state index contributed by atoms with van der Waals surface area (Å²) in [5.41, 5.74) is 1.95. The van der Waals surface area contributed by atoms with E-state index in [2.05, 4.69) is 50.4 Å². The fraction of sp³-hybridized carbons (Fsp3) is 0.316. The van der Waals surface area contributed by atoms with Crippen LogP contribution >= 0.6 is 15.9 Å². The van der Waals surface area contributed by atoms with E-state index in [1.54, 1.807) is 25.3 Å². The van der Waals surface area contributed by atoms with E-state index in [9.17, 15) is 4.79 Å². The average Bonchev–Trinajstić information content (AvgIpc) is 3.02. The van der Waals surface area contributed by atoms with Crippen LogP contribution in [0.5, 0.6) is 5.75 Å². The molecule has 1 N–H and O–H groups in total. The lowest BCUT2D eigenvalue weighted by Gasteiger charge is -2.17. The third-order valence-electron chi connectivity index (χ3n) is 4.27. The maximum atomic E-state index is 12.4. The molecule has 0 spiro atoms. The van der Waals surface area contributed by atoms with Gasteiger partial charge in [0.2, 0.25) is 0 Å². The molecule has 0 bridgehead atoms. The van der Waals surface area contributed by atoms with Crippen molar-refractivity contribution in [2.45, 2.75) is 19.0 Å². The van der Waals surface area contributed by atoms with Crippen molar-refractivity contribution >= 4 is 21.8 Å². The van der Waals surface area contributed by atoms with E-state index in [0.29, 0.717) is 5.56 Å². The van der Waals surface area contributed by atoms with Crippen molar-refractivity contribution in [2.24, 2.45) is 0 Å². The Morgan fingerprint density at radius 2 is 2.08 bits per heavy atom. The summed E-state index contributed by atoms with van der Waals surface area (Å²) >= 11 is 3.42. The van der Waals surface area contributed by atoms with Crippen molar-refractivity contribution in [1.82, 2.24) is 10.2 Å². The molecule has 1 aliphatic rings. The first-order valence-corrected chi connectivity index (χ1v) is 8.85. The van der Waals surface area contributed by atoms with Crippen molar-refractivity contribution < 1.29 is 9.53 Å². The average molecular weight is 389 g/mol. The number of methoxy groups -OCH3 is 1. The molecule has 2 aromatic rings. The summed E-state index contributed by atoms with van der Waals surface area (Å²) in [6.45, 7) is 2.82. The van der Waals surface area contributed by atoms with E-state index in [4.69, 9.17) is 4.74 Å². The molecule has 0 saturated carbocycles. The fourth-order valence-electron chi connectivity index (χ4n) is 3.01. The molecule has 4 nitrogen and oxygen atoms in total. The van der Waals surface area contributed by atoms with E-state index >= 15 is 0 Å². The van der Waals surface area contributed by atoms with Gasteiger partial charge in [0.25, 0.3) is 5.91 Å². The number of likely N-dealkylation sites (tertiary alicyclic amines) is 1. The van der Waals surface area contributed by atoms with Gasteiger partial charge >= 0.3 is 0 Å². The molecule has 3 rings (SSSR count). The van der Waals surface area contributed by atoms with Gasteiger partial charge in [0.1, 0.15) is 5.75 Å². The zero-order valence-electron chi connectivity index (χ0n) is 13.7. The van der Waals surface area contributed by atoms with Crippen molar-refractivity contribution in [3.63, 3.8) is 0 Å². The second kappa shape index (κ2) is 7.81. The second-order valence-electron chi connectivity index (χ2n) is 6.03. The molecule has 0 aromatic heterocycles. The topological polar surface area (TPSA) is 41.6 Å². The van der Waals surface area contributed by atoms with Gasteiger partial charge in [0.15, 0.2) is 0 Å². The minimum absolute atomic E-state index is 0.0371. The molecule has 1 fully saturated rings. The lowest BCUT2D eigenvalue weighted by atomic mass is 10.2. The van der Waals surface area contributed by atoms with Crippen LogP contribution in [0.1, 0.15) is 22.3 Å². The Morgan fingerprint density at radius 1 is 1.29 bits per heavy atom. The summed E-state index contributed by atoms with van der Waals surface area (Å²) in [5.74, 6) is 0.686. The number of nitrogens with zero attached hydrogens (tertiary/aromatic N) is 1. The predicted octanol–water partition coefficient (Wildman–Crippen LogP) is 3.46. The van der Waals surface area contributed by atoms with Gasteiger partial charge in [-0.15, -0.1) is 0 Å². The highest BCUT2D eigenvalue weighted by molar-refractivity contribution is 9.10. The second-order valence-corrected chi connectivity index (χ2v) is 6.88. The van der Waals surface area contributed by atoms with Gasteiger partial charge in [0, 0.05) is 31.2 Å². The van der Waals surface area contributed by atoms with Crippen LogP contribution in [-0.2, 0) is 6.54 Å². The van der Waals surface area contributed by atoms with Gasteiger partial charge in [-0.25, -0.2) is 0 Å². The molecule has 1 atom stereocenters. The number of benzene rings is 2. The Hall–Kier alpha value is -1.85. The molecule has 126 valence electrons. The first-order chi connectivity index (χ1) is 11.7. The molecular weight excluding hydrogens is 368 g/mol. The number of rotatable bonds is 5. The van der Waals surface area contributed by atoms with Gasteiger partial charge in [-0.3, -0.25) is 9.69 Å². The fourth-order valence-corrected chi connectivity index (χ4v) is 3.55. The number of hydrogen-bond acceptors (Lipinski definition) is 3. The van der Waals surface area contributed by atoms with Gasteiger partial charge in [-0.1, -0.05) is 30.3 Å². The highest BCUT2D eigenvalue weighted by Gasteiger charge is 2.24. The number of amides is 1. The normalized spacial score (nSPS) is 17.7. The SMILES string of the molecule is COc1ccc(C(=O)NC2CCN(Cc3ccccc3)C2)cc1Br. The molecule has 2 aromatic carbocycles. The van der Waals surface area contributed by atoms with Crippen molar-refractivity contribution in [1.29, 1.82) is 0 Å². The summed E-state index contributed by atoms with van der Waals surface area (Å²) < 4.78 is 5.99. The molecular formula is C19H21BrN2O2. The van der Waals surface area contributed by atoms with Gasteiger partial charge in [-0.2, -0.15) is 0 Å².